The Hall–Kier alpha value is -1.55. The highest BCUT2D eigenvalue weighted by Gasteiger charge is 2.00. The van der Waals surface area contributed by atoms with Gasteiger partial charge in [-0.1, -0.05) is 12.1 Å². The zero-order valence-electron chi connectivity index (χ0n) is 8.03. The minimum absolute atomic E-state index is 0.194. The Labute approximate surface area is 82.6 Å². The van der Waals surface area contributed by atoms with E-state index in [1.165, 1.54) is 0 Å². The van der Waals surface area contributed by atoms with E-state index in [9.17, 15) is 4.79 Å². The number of carbonyl (C=O) groups is 1. The fourth-order valence-electron chi connectivity index (χ4n) is 1.07. The lowest BCUT2D eigenvalue weighted by Gasteiger charge is -2.05. The molecule has 0 heterocycles. The summed E-state index contributed by atoms with van der Waals surface area (Å²) in [6.45, 7) is 0.194. The molecule has 4 heteroatoms. The molecule has 14 heavy (non-hydrogen) atoms. The van der Waals surface area contributed by atoms with Gasteiger partial charge >= 0.3 is 0 Å². The standard InChI is InChI=1S/C10H13NO3/c1-13-7-14-9-4-2-3-8(5-9)6-10(11)12/h2-5H,6-7H2,1H3,(H2,11,12). The van der Waals surface area contributed by atoms with Crippen LogP contribution in [0.15, 0.2) is 24.3 Å². The second-order valence-electron chi connectivity index (χ2n) is 2.84. The van der Waals surface area contributed by atoms with Gasteiger partial charge in [-0.3, -0.25) is 4.79 Å². The highest BCUT2D eigenvalue weighted by atomic mass is 16.7. The third-order valence-electron chi connectivity index (χ3n) is 1.62. The Bertz CT molecular complexity index is 312. The first-order valence-electron chi connectivity index (χ1n) is 4.21. The molecule has 4 nitrogen and oxygen atoms in total. The van der Waals surface area contributed by atoms with Gasteiger partial charge in [-0.05, 0) is 17.7 Å². The van der Waals surface area contributed by atoms with E-state index in [-0.39, 0.29) is 19.1 Å². The molecule has 0 atom stereocenters. The minimum atomic E-state index is -0.353. The Balaban J connectivity index is 2.63. The van der Waals surface area contributed by atoms with Crippen molar-refractivity contribution >= 4 is 5.91 Å². The van der Waals surface area contributed by atoms with Gasteiger partial charge in [-0.25, -0.2) is 0 Å². The summed E-state index contributed by atoms with van der Waals surface area (Å²) in [6, 6.07) is 7.20. The van der Waals surface area contributed by atoms with Crippen LogP contribution in [0.5, 0.6) is 5.75 Å². The van der Waals surface area contributed by atoms with E-state index in [0.29, 0.717) is 5.75 Å². The van der Waals surface area contributed by atoms with E-state index < -0.39 is 0 Å². The molecule has 0 bridgehead atoms. The first-order chi connectivity index (χ1) is 6.72. The lowest BCUT2D eigenvalue weighted by atomic mass is 10.1. The van der Waals surface area contributed by atoms with Crippen LogP contribution in [-0.2, 0) is 16.0 Å². The summed E-state index contributed by atoms with van der Waals surface area (Å²) in [5.74, 6) is 0.319. The van der Waals surface area contributed by atoms with Gasteiger partial charge in [0.25, 0.3) is 0 Å². The lowest BCUT2D eigenvalue weighted by Crippen LogP contribution is -2.13. The van der Waals surface area contributed by atoms with Crippen molar-refractivity contribution in [1.29, 1.82) is 0 Å². The maximum atomic E-state index is 10.7. The van der Waals surface area contributed by atoms with Crippen molar-refractivity contribution in [2.75, 3.05) is 13.9 Å². The summed E-state index contributed by atoms with van der Waals surface area (Å²) in [5.41, 5.74) is 5.91. The van der Waals surface area contributed by atoms with Crippen molar-refractivity contribution in [3.63, 3.8) is 0 Å². The van der Waals surface area contributed by atoms with Crippen molar-refractivity contribution < 1.29 is 14.3 Å². The molecule has 1 aromatic rings. The van der Waals surface area contributed by atoms with Crippen LogP contribution in [0.1, 0.15) is 5.56 Å². The van der Waals surface area contributed by atoms with Gasteiger partial charge in [-0.2, -0.15) is 0 Å². The van der Waals surface area contributed by atoms with Crippen LogP contribution >= 0.6 is 0 Å². The SMILES string of the molecule is COCOc1cccc(CC(N)=O)c1. The molecule has 0 saturated heterocycles. The zero-order chi connectivity index (χ0) is 10.4. The number of rotatable bonds is 5. The molecule has 0 aromatic heterocycles. The van der Waals surface area contributed by atoms with E-state index in [0.717, 1.165) is 5.56 Å². The minimum Gasteiger partial charge on any atom is -0.468 e. The van der Waals surface area contributed by atoms with Gasteiger partial charge < -0.3 is 15.2 Å². The normalized spacial score (nSPS) is 9.79. The molecule has 0 aliphatic rings. The fourth-order valence-corrected chi connectivity index (χ4v) is 1.07. The summed E-state index contributed by atoms with van der Waals surface area (Å²) < 4.78 is 9.96. The summed E-state index contributed by atoms with van der Waals surface area (Å²) in [5, 5.41) is 0. The fraction of sp³-hybridized carbons (Fsp3) is 0.300. The van der Waals surface area contributed by atoms with Crippen LogP contribution in [0.2, 0.25) is 0 Å². The molecule has 0 spiro atoms. The number of benzene rings is 1. The topological polar surface area (TPSA) is 61.6 Å². The molecule has 0 unspecified atom stereocenters. The zero-order valence-corrected chi connectivity index (χ0v) is 8.03. The number of methoxy groups -OCH3 is 1. The Morgan fingerprint density at radius 2 is 2.29 bits per heavy atom. The number of carbonyl (C=O) groups excluding carboxylic acids is 1. The van der Waals surface area contributed by atoms with Gasteiger partial charge in [0.2, 0.25) is 5.91 Å². The van der Waals surface area contributed by atoms with Crippen molar-refractivity contribution in [2.24, 2.45) is 5.73 Å². The van der Waals surface area contributed by atoms with E-state index >= 15 is 0 Å². The molecule has 2 N–H and O–H groups in total. The van der Waals surface area contributed by atoms with Crippen LogP contribution in [0.3, 0.4) is 0 Å². The van der Waals surface area contributed by atoms with Crippen molar-refractivity contribution in [3.8, 4) is 5.75 Å². The molecule has 76 valence electrons. The number of hydrogen-bond acceptors (Lipinski definition) is 3. The van der Waals surface area contributed by atoms with Crippen molar-refractivity contribution in [1.82, 2.24) is 0 Å². The summed E-state index contributed by atoms with van der Waals surface area (Å²) in [4.78, 5) is 10.7. The van der Waals surface area contributed by atoms with Gasteiger partial charge in [-0.15, -0.1) is 0 Å². The second kappa shape index (κ2) is 5.24. The maximum absolute atomic E-state index is 10.7. The van der Waals surface area contributed by atoms with E-state index in [1.807, 2.05) is 12.1 Å². The quantitative estimate of drug-likeness (QED) is 0.703. The summed E-state index contributed by atoms with van der Waals surface area (Å²) in [6.07, 6.45) is 0.226. The molecule has 1 aromatic carbocycles. The van der Waals surface area contributed by atoms with E-state index in [1.54, 1.807) is 19.2 Å². The number of amides is 1. The molecular weight excluding hydrogens is 182 g/mol. The average Bonchev–Trinajstić information content (AvgIpc) is 2.14. The van der Waals surface area contributed by atoms with Crippen LogP contribution in [0, 0.1) is 0 Å². The maximum Gasteiger partial charge on any atom is 0.221 e. The van der Waals surface area contributed by atoms with Gasteiger partial charge in [0.15, 0.2) is 6.79 Å². The van der Waals surface area contributed by atoms with Crippen LogP contribution < -0.4 is 10.5 Å². The van der Waals surface area contributed by atoms with Crippen molar-refractivity contribution in [3.05, 3.63) is 29.8 Å². The first-order valence-corrected chi connectivity index (χ1v) is 4.21. The Kier molecular flexibility index (Phi) is 3.94. The van der Waals surface area contributed by atoms with Crippen molar-refractivity contribution in [2.45, 2.75) is 6.42 Å². The monoisotopic (exact) mass is 195 g/mol. The third-order valence-corrected chi connectivity index (χ3v) is 1.62. The predicted molar refractivity (Wildman–Crippen MR) is 51.8 cm³/mol. The highest BCUT2D eigenvalue weighted by molar-refractivity contribution is 5.76. The van der Waals surface area contributed by atoms with Gasteiger partial charge in [0.1, 0.15) is 5.75 Å². The lowest BCUT2D eigenvalue weighted by molar-refractivity contribution is -0.117. The number of nitrogens with two attached hydrogens (primary N) is 1. The van der Waals surface area contributed by atoms with Crippen LogP contribution in [0.4, 0.5) is 0 Å². The Morgan fingerprint density at radius 1 is 1.50 bits per heavy atom. The largest absolute Gasteiger partial charge is 0.468 e. The summed E-state index contributed by atoms with van der Waals surface area (Å²) >= 11 is 0. The van der Waals surface area contributed by atoms with Gasteiger partial charge in [0.05, 0.1) is 6.42 Å². The molecule has 1 amide bonds. The van der Waals surface area contributed by atoms with E-state index in [4.69, 9.17) is 15.2 Å². The van der Waals surface area contributed by atoms with Crippen LogP contribution in [0.25, 0.3) is 0 Å². The number of hydrogen-bond donors (Lipinski definition) is 1. The smallest absolute Gasteiger partial charge is 0.221 e. The molecule has 0 aliphatic heterocycles. The number of ether oxygens (including phenoxy) is 2. The average molecular weight is 195 g/mol. The second-order valence-corrected chi connectivity index (χ2v) is 2.84. The highest BCUT2D eigenvalue weighted by Crippen LogP contribution is 2.13. The number of primary amides is 1. The third kappa shape index (κ3) is 3.45. The molecule has 0 fully saturated rings. The molecule has 0 aliphatic carbocycles. The Morgan fingerprint density at radius 3 is 2.93 bits per heavy atom. The molecule has 1 rings (SSSR count). The predicted octanol–water partition coefficient (Wildman–Crippen LogP) is 0.697. The van der Waals surface area contributed by atoms with E-state index in [2.05, 4.69) is 0 Å². The summed E-state index contributed by atoms with van der Waals surface area (Å²) in [7, 11) is 1.55. The van der Waals surface area contributed by atoms with Crippen LogP contribution in [-0.4, -0.2) is 19.8 Å². The molecule has 0 radical (unpaired) electrons. The molecular formula is C10H13NO3. The first kappa shape index (κ1) is 10.5. The molecule has 0 saturated carbocycles. The van der Waals surface area contributed by atoms with Gasteiger partial charge in [0, 0.05) is 7.11 Å².